The first-order chi connectivity index (χ1) is 9.25. The second-order valence-corrected chi connectivity index (χ2v) is 5.81. The fourth-order valence-electron chi connectivity index (χ4n) is 2.95. The Balaban J connectivity index is 1.73. The molecule has 1 aromatic rings. The number of carbonyl (C=O) groups is 1. The number of rotatable bonds is 4. The van der Waals surface area contributed by atoms with Crippen LogP contribution in [0.4, 0.5) is 0 Å². The predicted molar refractivity (Wildman–Crippen MR) is 74.3 cm³/mol. The summed E-state index contributed by atoms with van der Waals surface area (Å²) in [4.78, 5) is 12.4. The van der Waals surface area contributed by atoms with Crippen molar-refractivity contribution in [3.63, 3.8) is 0 Å². The van der Waals surface area contributed by atoms with Crippen molar-refractivity contribution in [3.05, 3.63) is 35.4 Å². The molecular formula is C16H21NO2. The van der Waals surface area contributed by atoms with Crippen LogP contribution in [-0.2, 0) is 10.2 Å². The average molecular weight is 259 g/mol. The molecule has 0 aromatic heterocycles. The van der Waals surface area contributed by atoms with E-state index in [-0.39, 0.29) is 17.1 Å². The first kappa shape index (κ1) is 12.8. The third kappa shape index (κ3) is 2.45. The van der Waals surface area contributed by atoms with Gasteiger partial charge in [-0.2, -0.15) is 0 Å². The van der Waals surface area contributed by atoms with E-state index >= 15 is 0 Å². The maximum Gasteiger partial charge on any atom is 0.166 e. The molecule has 1 heterocycles. The number of nitrogens with two attached hydrogens (primary N) is 1. The Labute approximate surface area is 114 Å². The minimum Gasteiger partial charge on any atom is -0.381 e. The Hall–Kier alpha value is -1.19. The summed E-state index contributed by atoms with van der Waals surface area (Å²) in [7, 11) is 0. The number of hydrogen-bond donors (Lipinski definition) is 1. The van der Waals surface area contributed by atoms with Crippen molar-refractivity contribution in [1.82, 2.24) is 0 Å². The lowest BCUT2D eigenvalue weighted by atomic mass is 9.89. The highest BCUT2D eigenvalue weighted by Crippen LogP contribution is 2.47. The van der Waals surface area contributed by atoms with Gasteiger partial charge in [0.25, 0.3) is 0 Å². The molecule has 0 bridgehead atoms. The largest absolute Gasteiger partial charge is 0.381 e. The lowest BCUT2D eigenvalue weighted by molar-refractivity contribution is 0.0545. The van der Waals surface area contributed by atoms with Crippen LogP contribution in [-0.4, -0.2) is 25.5 Å². The van der Waals surface area contributed by atoms with Gasteiger partial charge in [0.1, 0.15) is 0 Å². The van der Waals surface area contributed by atoms with E-state index in [4.69, 9.17) is 10.5 Å². The molecule has 2 fully saturated rings. The summed E-state index contributed by atoms with van der Waals surface area (Å²) >= 11 is 0. The van der Waals surface area contributed by atoms with Crippen LogP contribution in [0.15, 0.2) is 24.3 Å². The van der Waals surface area contributed by atoms with Crippen LogP contribution in [0, 0.1) is 5.92 Å². The number of ether oxygens (including phenoxy) is 1. The molecule has 1 aromatic carbocycles. The maximum absolute atomic E-state index is 12.4. The van der Waals surface area contributed by atoms with Crippen molar-refractivity contribution in [2.75, 3.05) is 19.8 Å². The van der Waals surface area contributed by atoms with E-state index in [1.54, 1.807) is 0 Å². The van der Waals surface area contributed by atoms with Crippen molar-refractivity contribution >= 4 is 5.78 Å². The summed E-state index contributed by atoms with van der Waals surface area (Å²) in [6.45, 7) is 2.13. The molecule has 2 N–H and O–H groups in total. The Kier molecular flexibility index (Phi) is 3.42. The Morgan fingerprint density at radius 3 is 2.37 bits per heavy atom. The Bertz CT molecular complexity index is 456. The van der Waals surface area contributed by atoms with Crippen LogP contribution in [0.2, 0.25) is 0 Å². The quantitative estimate of drug-likeness (QED) is 0.844. The third-order valence-corrected chi connectivity index (χ3v) is 4.62. The van der Waals surface area contributed by atoms with E-state index in [1.165, 1.54) is 18.4 Å². The number of Topliss-reactive ketones (excluding diaryl/α,β-unsaturated/α-hetero) is 1. The monoisotopic (exact) mass is 259 g/mol. The zero-order valence-electron chi connectivity index (χ0n) is 11.2. The van der Waals surface area contributed by atoms with Crippen molar-refractivity contribution in [3.8, 4) is 0 Å². The topological polar surface area (TPSA) is 52.3 Å². The van der Waals surface area contributed by atoms with Crippen molar-refractivity contribution < 1.29 is 9.53 Å². The Morgan fingerprint density at radius 2 is 1.84 bits per heavy atom. The molecule has 19 heavy (non-hydrogen) atoms. The van der Waals surface area contributed by atoms with E-state index in [1.807, 2.05) is 12.1 Å². The minimum absolute atomic E-state index is 0.143. The van der Waals surface area contributed by atoms with E-state index in [0.29, 0.717) is 19.8 Å². The van der Waals surface area contributed by atoms with E-state index in [0.717, 1.165) is 18.4 Å². The van der Waals surface area contributed by atoms with E-state index in [9.17, 15) is 4.79 Å². The zero-order chi connectivity index (χ0) is 13.3. The predicted octanol–water partition coefficient (Wildman–Crippen LogP) is 2.29. The third-order valence-electron chi connectivity index (χ3n) is 4.62. The normalized spacial score (nSPS) is 22.2. The smallest absolute Gasteiger partial charge is 0.166 e. The van der Waals surface area contributed by atoms with Gasteiger partial charge >= 0.3 is 0 Å². The highest BCUT2D eigenvalue weighted by atomic mass is 16.5. The minimum atomic E-state index is 0.143. The Morgan fingerprint density at radius 1 is 1.21 bits per heavy atom. The molecule has 0 atom stereocenters. The molecule has 1 aliphatic carbocycles. The first-order valence-corrected chi connectivity index (χ1v) is 7.18. The van der Waals surface area contributed by atoms with Gasteiger partial charge in [0.2, 0.25) is 0 Å². The summed E-state index contributed by atoms with van der Waals surface area (Å²) in [5, 5.41) is 0. The van der Waals surface area contributed by atoms with E-state index < -0.39 is 0 Å². The highest BCUT2D eigenvalue weighted by Gasteiger charge is 2.42. The molecule has 0 radical (unpaired) electrons. The van der Waals surface area contributed by atoms with Crippen LogP contribution < -0.4 is 5.73 Å². The number of ketones is 1. The standard InChI is InChI=1S/C16H21NO2/c17-11-16(7-8-16)14-3-1-12(2-4-14)15(18)13-5-9-19-10-6-13/h1-4,13H,5-11,17H2. The second kappa shape index (κ2) is 5.06. The summed E-state index contributed by atoms with van der Waals surface area (Å²) < 4.78 is 5.31. The summed E-state index contributed by atoms with van der Waals surface area (Å²) in [6.07, 6.45) is 4.06. The van der Waals surface area contributed by atoms with Crippen molar-refractivity contribution in [2.24, 2.45) is 11.7 Å². The van der Waals surface area contributed by atoms with Gasteiger partial charge in [-0.3, -0.25) is 4.79 Å². The molecule has 0 unspecified atom stereocenters. The van der Waals surface area contributed by atoms with Gasteiger partial charge in [-0.15, -0.1) is 0 Å². The lowest BCUT2D eigenvalue weighted by Gasteiger charge is -2.21. The van der Waals surface area contributed by atoms with E-state index in [2.05, 4.69) is 12.1 Å². The molecule has 1 aliphatic heterocycles. The van der Waals surface area contributed by atoms with Gasteiger partial charge in [-0.25, -0.2) is 0 Å². The second-order valence-electron chi connectivity index (χ2n) is 5.81. The lowest BCUT2D eigenvalue weighted by Crippen LogP contribution is -2.24. The molecule has 3 nitrogen and oxygen atoms in total. The summed E-state index contributed by atoms with van der Waals surface area (Å²) in [6, 6.07) is 8.13. The van der Waals surface area contributed by atoms with Crippen LogP contribution in [0.3, 0.4) is 0 Å². The van der Waals surface area contributed by atoms with Crippen molar-refractivity contribution in [2.45, 2.75) is 31.1 Å². The van der Waals surface area contributed by atoms with Gasteiger partial charge in [-0.05, 0) is 31.2 Å². The zero-order valence-corrected chi connectivity index (χ0v) is 11.2. The number of hydrogen-bond acceptors (Lipinski definition) is 3. The number of benzene rings is 1. The molecular weight excluding hydrogens is 238 g/mol. The molecule has 0 amide bonds. The van der Waals surface area contributed by atoms with Gasteiger partial charge in [0, 0.05) is 36.7 Å². The fourth-order valence-corrected chi connectivity index (χ4v) is 2.95. The summed E-state index contributed by atoms with van der Waals surface area (Å²) in [5.41, 5.74) is 8.17. The van der Waals surface area contributed by atoms with Gasteiger partial charge in [0.15, 0.2) is 5.78 Å². The molecule has 3 rings (SSSR count). The molecule has 3 heteroatoms. The maximum atomic E-state index is 12.4. The van der Waals surface area contributed by atoms with Gasteiger partial charge < -0.3 is 10.5 Å². The SMILES string of the molecule is NCC1(c2ccc(C(=O)C3CCOCC3)cc2)CC1. The molecule has 2 aliphatic rings. The van der Waals surface area contributed by atoms with Crippen LogP contribution >= 0.6 is 0 Å². The first-order valence-electron chi connectivity index (χ1n) is 7.18. The molecule has 1 saturated carbocycles. The van der Waals surface area contributed by atoms with Crippen LogP contribution in [0.25, 0.3) is 0 Å². The van der Waals surface area contributed by atoms with Crippen LogP contribution in [0.5, 0.6) is 0 Å². The molecule has 0 spiro atoms. The molecule has 102 valence electrons. The fraction of sp³-hybridized carbons (Fsp3) is 0.562. The average Bonchev–Trinajstić information content (AvgIpc) is 3.29. The van der Waals surface area contributed by atoms with Gasteiger partial charge in [-0.1, -0.05) is 24.3 Å². The summed E-state index contributed by atoms with van der Waals surface area (Å²) in [5.74, 6) is 0.413. The highest BCUT2D eigenvalue weighted by molar-refractivity contribution is 5.97. The van der Waals surface area contributed by atoms with Crippen LogP contribution in [0.1, 0.15) is 41.6 Å². The number of carbonyl (C=O) groups excluding carboxylic acids is 1. The van der Waals surface area contributed by atoms with Crippen molar-refractivity contribution in [1.29, 1.82) is 0 Å². The van der Waals surface area contributed by atoms with Gasteiger partial charge in [0.05, 0.1) is 0 Å². The molecule has 1 saturated heterocycles.